The first-order valence-electron chi connectivity index (χ1n) is 5.66. The van der Waals surface area contributed by atoms with Crippen LogP contribution < -0.4 is 10.5 Å². The second-order valence-corrected chi connectivity index (χ2v) is 3.39. The number of nitrogens with two attached hydrogens (primary N) is 1. The number of likely N-dealkylation sites (N-methyl/N-ethyl adjacent to an activating group) is 1. The minimum absolute atomic E-state index is 0.356. The van der Waals surface area contributed by atoms with E-state index in [2.05, 4.69) is 28.7 Å². The van der Waals surface area contributed by atoms with Crippen LogP contribution in [-0.4, -0.2) is 41.1 Å². The largest absolute Gasteiger partial charge is 0.475 e. The predicted octanol–water partition coefficient (Wildman–Crippen LogP) is 0.656. The Labute approximate surface area is 96.6 Å². The molecule has 0 aliphatic carbocycles. The van der Waals surface area contributed by atoms with E-state index in [0.29, 0.717) is 24.7 Å². The second kappa shape index (κ2) is 7.14. The van der Waals surface area contributed by atoms with Crippen LogP contribution in [0.25, 0.3) is 0 Å². The molecule has 0 aromatic carbocycles. The van der Waals surface area contributed by atoms with Crippen molar-refractivity contribution in [1.29, 1.82) is 0 Å². The molecule has 0 amide bonds. The number of nitrogens with zero attached hydrogens (tertiary/aromatic N) is 3. The zero-order chi connectivity index (χ0) is 11.8. The molecule has 1 heterocycles. The standard InChI is InChI=1S/C11H20N4O/c1-3-15(4-2)7-8-16-11-10(9-12)13-5-6-14-11/h5-6H,3-4,7-9,12H2,1-2H3. The van der Waals surface area contributed by atoms with Gasteiger partial charge >= 0.3 is 0 Å². The first-order valence-corrected chi connectivity index (χ1v) is 5.66. The van der Waals surface area contributed by atoms with Crippen molar-refractivity contribution >= 4 is 0 Å². The SMILES string of the molecule is CCN(CC)CCOc1nccnc1CN. The lowest BCUT2D eigenvalue weighted by Crippen LogP contribution is -2.28. The van der Waals surface area contributed by atoms with Gasteiger partial charge in [-0.3, -0.25) is 4.98 Å². The lowest BCUT2D eigenvalue weighted by Gasteiger charge is -2.18. The Morgan fingerprint density at radius 1 is 1.25 bits per heavy atom. The Morgan fingerprint density at radius 3 is 2.56 bits per heavy atom. The highest BCUT2D eigenvalue weighted by Crippen LogP contribution is 2.09. The zero-order valence-corrected chi connectivity index (χ0v) is 10.0. The molecule has 16 heavy (non-hydrogen) atoms. The van der Waals surface area contributed by atoms with E-state index in [-0.39, 0.29) is 0 Å². The molecule has 2 N–H and O–H groups in total. The van der Waals surface area contributed by atoms with E-state index >= 15 is 0 Å². The van der Waals surface area contributed by atoms with Crippen molar-refractivity contribution in [3.63, 3.8) is 0 Å². The van der Waals surface area contributed by atoms with Crippen molar-refractivity contribution in [2.45, 2.75) is 20.4 Å². The average Bonchev–Trinajstić information content (AvgIpc) is 2.35. The van der Waals surface area contributed by atoms with Crippen LogP contribution in [0.2, 0.25) is 0 Å². The van der Waals surface area contributed by atoms with Gasteiger partial charge in [0.05, 0.1) is 0 Å². The van der Waals surface area contributed by atoms with Gasteiger partial charge in [0.1, 0.15) is 12.3 Å². The van der Waals surface area contributed by atoms with Gasteiger partial charge in [-0.1, -0.05) is 13.8 Å². The van der Waals surface area contributed by atoms with Crippen LogP contribution in [0.3, 0.4) is 0 Å². The van der Waals surface area contributed by atoms with E-state index in [0.717, 1.165) is 19.6 Å². The molecule has 5 heteroatoms. The Bertz CT molecular complexity index is 302. The van der Waals surface area contributed by atoms with Crippen molar-refractivity contribution in [3.05, 3.63) is 18.1 Å². The van der Waals surface area contributed by atoms with Gasteiger partial charge in [0, 0.05) is 25.5 Å². The predicted molar refractivity (Wildman–Crippen MR) is 63.2 cm³/mol. The van der Waals surface area contributed by atoms with E-state index in [1.54, 1.807) is 12.4 Å². The molecule has 0 spiro atoms. The highest BCUT2D eigenvalue weighted by atomic mass is 16.5. The summed E-state index contributed by atoms with van der Waals surface area (Å²) in [5.41, 5.74) is 6.25. The second-order valence-electron chi connectivity index (χ2n) is 3.39. The highest BCUT2D eigenvalue weighted by Gasteiger charge is 2.05. The molecular formula is C11H20N4O. The third-order valence-electron chi connectivity index (χ3n) is 2.47. The lowest BCUT2D eigenvalue weighted by molar-refractivity contribution is 0.216. The fourth-order valence-corrected chi connectivity index (χ4v) is 1.43. The summed E-state index contributed by atoms with van der Waals surface area (Å²) in [5, 5.41) is 0. The van der Waals surface area contributed by atoms with Crippen LogP contribution in [0.5, 0.6) is 5.88 Å². The van der Waals surface area contributed by atoms with Gasteiger partial charge in [-0.25, -0.2) is 4.98 Å². The van der Waals surface area contributed by atoms with E-state index in [4.69, 9.17) is 10.5 Å². The quantitative estimate of drug-likeness (QED) is 0.737. The maximum absolute atomic E-state index is 5.57. The highest BCUT2D eigenvalue weighted by molar-refractivity contribution is 5.16. The molecule has 0 aliphatic rings. The number of hydrogen-bond donors (Lipinski definition) is 1. The van der Waals surface area contributed by atoms with E-state index in [1.807, 2.05) is 0 Å². The summed E-state index contributed by atoms with van der Waals surface area (Å²) >= 11 is 0. The number of ether oxygens (including phenoxy) is 1. The maximum atomic E-state index is 5.57. The molecular weight excluding hydrogens is 204 g/mol. The van der Waals surface area contributed by atoms with Gasteiger partial charge in [0.25, 0.3) is 0 Å². The van der Waals surface area contributed by atoms with E-state index < -0.39 is 0 Å². The summed E-state index contributed by atoms with van der Waals surface area (Å²) in [6.45, 7) is 8.21. The van der Waals surface area contributed by atoms with Crippen molar-refractivity contribution < 1.29 is 4.74 Å². The molecule has 1 rings (SSSR count). The average molecular weight is 224 g/mol. The molecule has 5 nitrogen and oxygen atoms in total. The van der Waals surface area contributed by atoms with Gasteiger partial charge in [0.15, 0.2) is 0 Å². The van der Waals surface area contributed by atoms with Crippen LogP contribution in [0.15, 0.2) is 12.4 Å². The smallest absolute Gasteiger partial charge is 0.237 e. The summed E-state index contributed by atoms with van der Waals surface area (Å²) in [5.74, 6) is 0.553. The van der Waals surface area contributed by atoms with Gasteiger partial charge in [-0.15, -0.1) is 0 Å². The molecule has 0 atom stereocenters. The zero-order valence-electron chi connectivity index (χ0n) is 10.0. The molecule has 0 fully saturated rings. The maximum Gasteiger partial charge on any atom is 0.237 e. The number of aromatic nitrogens is 2. The Balaban J connectivity index is 2.42. The molecule has 0 bridgehead atoms. The third kappa shape index (κ3) is 3.75. The Morgan fingerprint density at radius 2 is 1.94 bits per heavy atom. The lowest BCUT2D eigenvalue weighted by atomic mass is 10.4. The molecule has 1 aromatic heterocycles. The van der Waals surface area contributed by atoms with Gasteiger partial charge in [-0.05, 0) is 13.1 Å². The minimum Gasteiger partial charge on any atom is -0.475 e. The van der Waals surface area contributed by atoms with Crippen molar-refractivity contribution in [2.24, 2.45) is 5.73 Å². The first-order chi connectivity index (χ1) is 7.81. The molecule has 90 valence electrons. The van der Waals surface area contributed by atoms with Crippen LogP contribution in [0.1, 0.15) is 19.5 Å². The Hall–Kier alpha value is -1.20. The summed E-state index contributed by atoms with van der Waals surface area (Å²) < 4.78 is 5.57. The van der Waals surface area contributed by atoms with Crippen LogP contribution >= 0.6 is 0 Å². The van der Waals surface area contributed by atoms with Crippen LogP contribution in [0, 0.1) is 0 Å². The molecule has 0 saturated carbocycles. The fourth-order valence-electron chi connectivity index (χ4n) is 1.43. The van der Waals surface area contributed by atoms with Crippen LogP contribution in [0.4, 0.5) is 0 Å². The number of hydrogen-bond acceptors (Lipinski definition) is 5. The van der Waals surface area contributed by atoms with Crippen LogP contribution in [-0.2, 0) is 6.54 Å². The van der Waals surface area contributed by atoms with Gasteiger partial charge in [-0.2, -0.15) is 0 Å². The minimum atomic E-state index is 0.356. The third-order valence-corrected chi connectivity index (χ3v) is 2.47. The van der Waals surface area contributed by atoms with Gasteiger partial charge < -0.3 is 15.4 Å². The molecule has 0 radical (unpaired) electrons. The fraction of sp³-hybridized carbons (Fsp3) is 0.636. The van der Waals surface area contributed by atoms with Crippen molar-refractivity contribution in [3.8, 4) is 5.88 Å². The normalized spacial score (nSPS) is 10.8. The first kappa shape index (κ1) is 12.9. The molecule has 0 saturated heterocycles. The molecule has 0 unspecified atom stereocenters. The van der Waals surface area contributed by atoms with E-state index in [1.165, 1.54) is 0 Å². The Kier molecular flexibility index (Phi) is 5.74. The summed E-state index contributed by atoms with van der Waals surface area (Å²) in [4.78, 5) is 10.5. The van der Waals surface area contributed by atoms with Gasteiger partial charge in [0.2, 0.25) is 5.88 Å². The molecule has 0 aliphatic heterocycles. The number of rotatable bonds is 7. The van der Waals surface area contributed by atoms with Crippen molar-refractivity contribution in [1.82, 2.24) is 14.9 Å². The summed E-state index contributed by atoms with van der Waals surface area (Å²) in [7, 11) is 0. The monoisotopic (exact) mass is 224 g/mol. The molecule has 1 aromatic rings. The van der Waals surface area contributed by atoms with Crippen molar-refractivity contribution in [2.75, 3.05) is 26.2 Å². The summed E-state index contributed by atoms with van der Waals surface area (Å²) in [6.07, 6.45) is 3.24. The van der Waals surface area contributed by atoms with E-state index in [9.17, 15) is 0 Å². The summed E-state index contributed by atoms with van der Waals surface area (Å²) in [6, 6.07) is 0. The topological polar surface area (TPSA) is 64.3 Å².